The number of hydrogen-bond acceptors (Lipinski definition) is 4. The molecular formula is C14H16N2O2S. The molecule has 2 aromatic rings. The summed E-state index contributed by atoms with van der Waals surface area (Å²) in [4.78, 5) is 16.5. The van der Waals surface area contributed by atoms with Crippen LogP contribution in [0.1, 0.15) is 27.2 Å². The van der Waals surface area contributed by atoms with Crippen molar-refractivity contribution in [3.05, 3.63) is 39.9 Å². The third-order valence-corrected chi connectivity index (χ3v) is 3.58. The van der Waals surface area contributed by atoms with E-state index in [0.717, 1.165) is 16.8 Å². The highest BCUT2D eigenvalue weighted by molar-refractivity contribution is 7.13. The van der Waals surface area contributed by atoms with Crippen LogP contribution in [-0.4, -0.2) is 18.0 Å². The number of rotatable bonds is 3. The van der Waals surface area contributed by atoms with E-state index in [1.807, 2.05) is 38.3 Å². The molecule has 0 spiro atoms. The topological polar surface area (TPSA) is 51.2 Å². The van der Waals surface area contributed by atoms with Crippen molar-refractivity contribution in [2.24, 2.45) is 0 Å². The van der Waals surface area contributed by atoms with Crippen molar-refractivity contribution in [1.29, 1.82) is 0 Å². The molecule has 0 atom stereocenters. The van der Waals surface area contributed by atoms with Crippen LogP contribution in [0.3, 0.4) is 0 Å². The molecule has 1 N–H and O–H groups in total. The number of hydrogen-bond donors (Lipinski definition) is 1. The number of aromatic nitrogens is 1. The lowest BCUT2D eigenvalue weighted by atomic mass is 10.1. The van der Waals surface area contributed by atoms with Gasteiger partial charge in [0.2, 0.25) is 0 Å². The van der Waals surface area contributed by atoms with E-state index in [9.17, 15) is 4.79 Å². The van der Waals surface area contributed by atoms with E-state index in [1.54, 1.807) is 7.11 Å². The molecule has 5 heteroatoms. The normalized spacial score (nSPS) is 10.3. The number of nitrogens with zero attached hydrogens (tertiary/aromatic N) is 1. The number of nitrogens with one attached hydrogen (secondary N) is 1. The molecule has 0 saturated heterocycles. The highest BCUT2D eigenvalue weighted by Gasteiger charge is 2.16. The Morgan fingerprint density at radius 3 is 2.63 bits per heavy atom. The summed E-state index contributed by atoms with van der Waals surface area (Å²) < 4.78 is 5.32. The Balaban J connectivity index is 2.33. The Labute approximate surface area is 116 Å². The Bertz CT molecular complexity index is 620. The number of anilines is 1. The summed E-state index contributed by atoms with van der Waals surface area (Å²) in [7, 11) is 1.57. The van der Waals surface area contributed by atoms with E-state index in [2.05, 4.69) is 10.3 Å². The van der Waals surface area contributed by atoms with Crippen LogP contribution in [0.15, 0.2) is 17.5 Å². The summed E-state index contributed by atoms with van der Waals surface area (Å²) in [5, 5.41) is 5.29. The molecule has 0 radical (unpaired) electrons. The summed E-state index contributed by atoms with van der Waals surface area (Å²) >= 11 is 1.41. The molecule has 2 rings (SSSR count). The quantitative estimate of drug-likeness (QED) is 0.935. The lowest BCUT2D eigenvalue weighted by Crippen LogP contribution is -2.14. The Morgan fingerprint density at radius 1 is 1.32 bits per heavy atom. The fourth-order valence-electron chi connectivity index (χ4n) is 1.97. The monoisotopic (exact) mass is 276 g/mol. The van der Waals surface area contributed by atoms with Crippen molar-refractivity contribution in [3.63, 3.8) is 0 Å². The van der Waals surface area contributed by atoms with Crippen LogP contribution >= 0.6 is 11.3 Å². The van der Waals surface area contributed by atoms with Crippen molar-refractivity contribution >= 4 is 22.4 Å². The van der Waals surface area contributed by atoms with Gasteiger partial charge in [0.25, 0.3) is 5.91 Å². The minimum absolute atomic E-state index is 0.196. The van der Waals surface area contributed by atoms with E-state index < -0.39 is 0 Å². The van der Waals surface area contributed by atoms with Gasteiger partial charge >= 0.3 is 0 Å². The lowest BCUT2D eigenvalue weighted by Gasteiger charge is -2.12. The smallest absolute Gasteiger partial charge is 0.261 e. The van der Waals surface area contributed by atoms with Crippen molar-refractivity contribution in [2.75, 3.05) is 12.4 Å². The van der Waals surface area contributed by atoms with E-state index in [1.165, 1.54) is 11.3 Å². The van der Waals surface area contributed by atoms with Gasteiger partial charge < -0.3 is 4.74 Å². The number of carbonyl (C=O) groups is 1. The molecule has 0 aliphatic rings. The van der Waals surface area contributed by atoms with Gasteiger partial charge in [-0.25, -0.2) is 4.98 Å². The summed E-state index contributed by atoms with van der Waals surface area (Å²) in [5.41, 5.74) is 3.40. The standard InChI is InChI=1S/C14H16N2O2S/c1-8-5-9(2)12(18-4)11(6-8)13(17)16-14-15-10(3)7-19-14/h5-7H,1-4H3,(H,15,16,17). The summed E-state index contributed by atoms with van der Waals surface area (Å²) in [5.74, 6) is 0.411. The van der Waals surface area contributed by atoms with Crippen molar-refractivity contribution < 1.29 is 9.53 Å². The Kier molecular flexibility index (Phi) is 3.85. The van der Waals surface area contributed by atoms with Crippen molar-refractivity contribution in [3.8, 4) is 5.75 Å². The van der Waals surface area contributed by atoms with Gasteiger partial charge in [-0.15, -0.1) is 11.3 Å². The van der Waals surface area contributed by atoms with Gasteiger partial charge in [-0.1, -0.05) is 6.07 Å². The number of amides is 1. The first kappa shape index (κ1) is 13.5. The average Bonchev–Trinajstić information content (AvgIpc) is 2.73. The lowest BCUT2D eigenvalue weighted by molar-refractivity contribution is 0.102. The van der Waals surface area contributed by atoms with Crippen LogP contribution in [0.4, 0.5) is 5.13 Å². The first-order chi connectivity index (χ1) is 9.01. The average molecular weight is 276 g/mol. The maximum Gasteiger partial charge on any atom is 0.261 e. The van der Waals surface area contributed by atoms with Gasteiger partial charge in [-0.05, 0) is 38.0 Å². The Morgan fingerprint density at radius 2 is 2.05 bits per heavy atom. The van der Waals surface area contributed by atoms with Crippen LogP contribution < -0.4 is 10.1 Å². The van der Waals surface area contributed by atoms with Gasteiger partial charge in [0, 0.05) is 5.38 Å². The second-order valence-corrected chi connectivity index (χ2v) is 5.27. The SMILES string of the molecule is COc1c(C)cc(C)cc1C(=O)Nc1nc(C)cs1. The van der Waals surface area contributed by atoms with Crippen LogP contribution in [0.2, 0.25) is 0 Å². The molecule has 1 aromatic heterocycles. The number of carbonyl (C=O) groups excluding carboxylic acids is 1. The molecule has 0 aliphatic heterocycles. The van der Waals surface area contributed by atoms with Crippen LogP contribution in [-0.2, 0) is 0 Å². The van der Waals surface area contributed by atoms with Gasteiger partial charge in [-0.2, -0.15) is 0 Å². The molecule has 0 saturated carbocycles. The molecule has 1 aromatic carbocycles. The van der Waals surface area contributed by atoms with Crippen LogP contribution in [0.5, 0.6) is 5.75 Å². The summed E-state index contributed by atoms with van der Waals surface area (Å²) in [6.45, 7) is 5.77. The number of thiazole rings is 1. The second kappa shape index (κ2) is 5.40. The maximum absolute atomic E-state index is 12.3. The molecule has 100 valence electrons. The zero-order valence-electron chi connectivity index (χ0n) is 11.4. The first-order valence-electron chi connectivity index (χ1n) is 5.90. The number of benzene rings is 1. The molecule has 0 aliphatic carbocycles. The van der Waals surface area contributed by atoms with Gasteiger partial charge in [0.05, 0.1) is 18.4 Å². The highest BCUT2D eigenvalue weighted by atomic mass is 32.1. The molecular weight excluding hydrogens is 260 g/mol. The number of methoxy groups -OCH3 is 1. The molecule has 19 heavy (non-hydrogen) atoms. The van der Waals surface area contributed by atoms with Gasteiger partial charge in [0.15, 0.2) is 5.13 Å². The summed E-state index contributed by atoms with van der Waals surface area (Å²) in [6, 6.07) is 3.81. The fraction of sp³-hybridized carbons (Fsp3) is 0.286. The second-order valence-electron chi connectivity index (χ2n) is 4.41. The molecule has 1 heterocycles. The minimum atomic E-state index is -0.196. The maximum atomic E-state index is 12.3. The predicted octanol–water partition coefficient (Wildman–Crippen LogP) is 3.33. The Hall–Kier alpha value is -1.88. The highest BCUT2D eigenvalue weighted by Crippen LogP contribution is 2.26. The molecule has 0 fully saturated rings. The van der Waals surface area contributed by atoms with Crippen molar-refractivity contribution in [1.82, 2.24) is 4.98 Å². The van der Waals surface area contributed by atoms with E-state index in [4.69, 9.17) is 4.74 Å². The molecule has 4 nitrogen and oxygen atoms in total. The molecule has 0 unspecified atom stereocenters. The van der Waals surface area contributed by atoms with E-state index in [0.29, 0.717) is 16.4 Å². The summed E-state index contributed by atoms with van der Waals surface area (Å²) in [6.07, 6.45) is 0. The third-order valence-electron chi connectivity index (χ3n) is 2.71. The third kappa shape index (κ3) is 2.93. The van der Waals surface area contributed by atoms with Crippen LogP contribution in [0.25, 0.3) is 0 Å². The van der Waals surface area contributed by atoms with Crippen LogP contribution in [0, 0.1) is 20.8 Å². The molecule has 0 bridgehead atoms. The zero-order chi connectivity index (χ0) is 14.0. The minimum Gasteiger partial charge on any atom is -0.496 e. The molecule has 1 amide bonds. The van der Waals surface area contributed by atoms with E-state index >= 15 is 0 Å². The largest absolute Gasteiger partial charge is 0.496 e. The number of aryl methyl sites for hydroxylation is 3. The zero-order valence-corrected chi connectivity index (χ0v) is 12.2. The first-order valence-corrected chi connectivity index (χ1v) is 6.78. The number of ether oxygens (including phenoxy) is 1. The van der Waals surface area contributed by atoms with Gasteiger partial charge in [-0.3, -0.25) is 10.1 Å². The van der Waals surface area contributed by atoms with Gasteiger partial charge in [0.1, 0.15) is 5.75 Å². The predicted molar refractivity (Wildman–Crippen MR) is 77.3 cm³/mol. The fourth-order valence-corrected chi connectivity index (χ4v) is 2.65. The van der Waals surface area contributed by atoms with Crippen molar-refractivity contribution in [2.45, 2.75) is 20.8 Å². The van der Waals surface area contributed by atoms with E-state index in [-0.39, 0.29) is 5.91 Å².